The maximum absolute atomic E-state index is 12.0. The van der Waals surface area contributed by atoms with E-state index in [1.807, 2.05) is 48.5 Å². The number of carbonyl (C=O) groups is 1. The van der Waals surface area contributed by atoms with Crippen molar-refractivity contribution in [2.24, 2.45) is 0 Å². The highest BCUT2D eigenvalue weighted by atomic mass is 35.5. The summed E-state index contributed by atoms with van der Waals surface area (Å²) in [4.78, 5) is 12.9. The van der Waals surface area contributed by atoms with E-state index < -0.39 is 5.60 Å². The van der Waals surface area contributed by atoms with Gasteiger partial charge >= 0.3 is 0 Å². The van der Waals surface area contributed by atoms with Crippen LogP contribution in [0.3, 0.4) is 0 Å². The van der Waals surface area contributed by atoms with Crippen molar-refractivity contribution in [2.75, 3.05) is 6.54 Å². The van der Waals surface area contributed by atoms with Crippen LogP contribution in [-0.2, 0) is 10.4 Å². The number of thiophene rings is 1. The predicted octanol–water partition coefficient (Wildman–Crippen LogP) is 4.59. The van der Waals surface area contributed by atoms with Gasteiger partial charge in [0, 0.05) is 20.7 Å². The fraction of sp³-hybridized carbons (Fsp3) is 0.150. The molecule has 128 valence electrons. The molecule has 0 saturated heterocycles. The minimum atomic E-state index is -1.13. The van der Waals surface area contributed by atoms with Crippen LogP contribution >= 0.6 is 22.9 Å². The van der Waals surface area contributed by atoms with E-state index in [-0.39, 0.29) is 12.5 Å². The molecule has 5 heteroatoms. The normalized spacial score (nSPS) is 13.9. The molecular weight excluding hydrogens is 354 g/mol. The van der Waals surface area contributed by atoms with Gasteiger partial charge in [0.25, 0.3) is 0 Å². The molecule has 1 amide bonds. The molecule has 0 aliphatic carbocycles. The van der Waals surface area contributed by atoms with E-state index in [1.165, 1.54) is 17.4 Å². The molecule has 3 aromatic rings. The average molecular weight is 372 g/mol. The van der Waals surface area contributed by atoms with Crippen molar-refractivity contribution in [1.82, 2.24) is 5.32 Å². The van der Waals surface area contributed by atoms with Crippen molar-refractivity contribution in [2.45, 2.75) is 12.5 Å². The molecule has 2 N–H and O–H groups in total. The van der Waals surface area contributed by atoms with Gasteiger partial charge in [0.15, 0.2) is 0 Å². The first-order valence-corrected chi connectivity index (χ1v) is 9.07. The number of aliphatic hydroxyl groups is 1. The minimum absolute atomic E-state index is 0.130. The molecule has 0 aliphatic heterocycles. The lowest BCUT2D eigenvalue weighted by molar-refractivity contribution is -0.117. The fourth-order valence-corrected chi connectivity index (χ4v) is 3.73. The highest BCUT2D eigenvalue weighted by Crippen LogP contribution is 2.32. The van der Waals surface area contributed by atoms with E-state index in [0.29, 0.717) is 5.02 Å². The van der Waals surface area contributed by atoms with Crippen LogP contribution in [0.1, 0.15) is 17.4 Å². The first kappa shape index (κ1) is 17.7. The van der Waals surface area contributed by atoms with Crippen molar-refractivity contribution in [1.29, 1.82) is 0 Å². The highest BCUT2D eigenvalue weighted by Gasteiger charge is 2.25. The molecule has 1 aromatic heterocycles. The third-order valence-electron chi connectivity index (χ3n) is 3.88. The SMILES string of the molecule is CC(O)(CNC(=O)/C=C/c1ccccc1Cl)c1cc2ccccc2s1. The summed E-state index contributed by atoms with van der Waals surface area (Å²) in [6.07, 6.45) is 3.08. The smallest absolute Gasteiger partial charge is 0.244 e. The Morgan fingerprint density at radius 3 is 2.72 bits per heavy atom. The van der Waals surface area contributed by atoms with Crippen LogP contribution < -0.4 is 5.32 Å². The number of fused-ring (bicyclic) bond motifs is 1. The van der Waals surface area contributed by atoms with Crippen molar-refractivity contribution >= 4 is 45.0 Å². The quantitative estimate of drug-likeness (QED) is 0.644. The zero-order chi connectivity index (χ0) is 17.9. The van der Waals surface area contributed by atoms with Gasteiger partial charge in [-0.05, 0) is 42.1 Å². The number of benzene rings is 2. The van der Waals surface area contributed by atoms with Gasteiger partial charge in [-0.2, -0.15) is 0 Å². The maximum atomic E-state index is 12.0. The van der Waals surface area contributed by atoms with E-state index in [4.69, 9.17) is 11.6 Å². The second kappa shape index (κ2) is 7.40. The Hall–Kier alpha value is -2.14. The molecule has 3 nitrogen and oxygen atoms in total. The lowest BCUT2D eigenvalue weighted by Crippen LogP contribution is -2.37. The van der Waals surface area contributed by atoms with Gasteiger partial charge in [-0.15, -0.1) is 11.3 Å². The fourth-order valence-electron chi connectivity index (χ4n) is 2.43. The summed E-state index contributed by atoms with van der Waals surface area (Å²) in [5.41, 5.74) is -0.354. The third kappa shape index (κ3) is 4.28. The molecule has 0 aliphatic rings. The highest BCUT2D eigenvalue weighted by molar-refractivity contribution is 7.19. The number of nitrogens with one attached hydrogen (secondary N) is 1. The number of hydrogen-bond acceptors (Lipinski definition) is 3. The average Bonchev–Trinajstić information content (AvgIpc) is 3.04. The van der Waals surface area contributed by atoms with E-state index in [0.717, 1.165) is 20.5 Å². The number of amides is 1. The van der Waals surface area contributed by atoms with Crippen LogP contribution in [0.5, 0.6) is 0 Å². The number of hydrogen-bond donors (Lipinski definition) is 2. The van der Waals surface area contributed by atoms with Crippen molar-refractivity contribution < 1.29 is 9.90 Å². The first-order valence-electron chi connectivity index (χ1n) is 7.87. The van der Waals surface area contributed by atoms with Crippen molar-refractivity contribution in [3.63, 3.8) is 0 Å². The van der Waals surface area contributed by atoms with E-state index in [2.05, 4.69) is 5.32 Å². The molecule has 0 radical (unpaired) electrons. The monoisotopic (exact) mass is 371 g/mol. The molecular formula is C20H18ClNO2S. The van der Waals surface area contributed by atoms with Crippen LogP contribution in [0.2, 0.25) is 5.02 Å². The Balaban J connectivity index is 1.65. The second-order valence-electron chi connectivity index (χ2n) is 5.99. The maximum Gasteiger partial charge on any atom is 0.244 e. The lowest BCUT2D eigenvalue weighted by Gasteiger charge is -2.21. The Kier molecular flexibility index (Phi) is 5.23. The van der Waals surface area contributed by atoms with Crippen LogP contribution in [0.25, 0.3) is 16.2 Å². The van der Waals surface area contributed by atoms with Gasteiger partial charge in [0.05, 0.1) is 6.54 Å². The Labute approximate surface area is 155 Å². The molecule has 0 spiro atoms. The van der Waals surface area contributed by atoms with Gasteiger partial charge < -0.3 is 10.4 Å². The van der Waals surface area contributed by atoms with E-state index >= 15 is 0 Å². The third-order valence-corrected chi connectivity index (χ3v) is 5.60. The summed E-state index contributed by atoms with van der Waals surface area (Å²) in [6, 6.07) is 17.2. The van der Waals surface area contributed by atoms with Crippen LogP contribution in [-0.4, -0.2) is 17.6 Å². The predicted molar refractivity (Wildman–Crippen MR) is 105 cm³/mol. The first-order chi connectivity index (χ1) is 12.0. The van der Waals surface area contributed by atoms with E-state index in [1.54, 1.807) is 19.1 Å². The number of rotatable bonds is 5. The van der Waals surface area contributed by atoms with Crippen molar-refractivity contribution in [3.05, 3.63) is 76.1 Å². The standard InChI is InChI=1S/C20H18ClNO2S/c1-20(24,18-12-15-7-3-5-9-17(15)25-18)13-22-19(23)11-10-14-6-2-4-8-16(14)21/h2-12,24H,13H2,1H3,(H,22,23)/b11-10+. The molecule has 2 aromatic carbocycles. The van der Waals surface area contributed by atoms with Gasteiger partial charge in [-0.25, -0.2) is 0 Å². The van der Waals surface area contributed by atoms with Crippen molar-refractivity contribution in [3.8, 4) is 0 Å². The zero-order valence-corrected chi connectivity index (χ0v) is 15.3. The Morgan fingerprint density at radius 2 is 1.96 bits per heavy atom. The van der Waals surface area contributed by atoms with Crippen LogP contribution in [0.4, 0.5) is 0 Å². The molecule has 1 unspecified atom stereocenters. The molecule has 25 heavy (non-hydrogen) atoms. The summed E-state index contributed by atoms with van der Waals surface area (Å²) in [5, 5.41) is 15.1. The van der Waals surface area contributed by atoms with Gasteiger partial charge in [-0.1, -0.05) is 48.0 Å². The summed E-state index contributed by atoms with van der Waals surface area (Å²) in [7, 11) is 0. The summed E-state index contributed by atoms with van der Waals surface area (Å²) in [5.74, 6) is -0.277. The Morgan fingerprint density at radius 1 is 1.24 bits per heavy atom. The Bertz CT molecular complexity index is 897. The molecule has 0 bridgehead atoms. The topological polar surface area (TPSA) is 49.3 Å². The van der Waals surface area contributed by atoms with Crippen LogP contribution in [0.15, 0.2) is 60.7 Å². The zero-order valence-electron chi connectivity index (χ0n) is 13.7. The molecule has 0 saturated carbocycles. The number of halogens is 1. The minimum Gasteiger partial charge on any atom is -0.383 e. The van der Waals surface area contributed by atoms with E-state index in [9.17, 15) is 9.90 Å². The molecule has 1 atom stereocenters. The second-order valence-corrected chi connectivity index (χ2v) is 7.49. The van der Waals surface area contributed by atoms with Gasteiger partial charge in [0.1, 0.15) is 5.60 Å². The summed E-state index contributed by atoms with van der Waals surface area (Å²) >= 11 is 7.59. The molecule has 1 heterocycles. The molecule has 0 fully saturated rings. The molecule has 3 rings (SSSR count). The van der Waals surface area contributed by atoms with Gasteiger partial charge in [0.2, 0.25) is 5.91 Å². The van der Waals surface area contributed by atoms with Gasteiger partial charge in [-0.3, -0.25) is 4.79 Å². The summed E-state index contributed by atoms with van der Waals surface area (Å²) < 4.78 is 1.11. The summed E-state index contributed by atoms with van der Waals surface area (Å²) in [6.45, 7) is 1.83. The van der Waals surface area contributed by atoms with Crippen LogP contribution in [0, 0.1) is 0 Å². The largest absolute Gasteiger partial charge is 0.383 e. The lowest BCUT2D eigenvalue weighted by atomic mass is 10.0. The number of carbonyl (C=O) groups excluding carboxylic acids is 1.